The minimum Gasteiger partial charge on any atom is -0.497 e. The molecule has 43 heavy (non-hydrogen) atoms. The number of piperidine rings is 1. The topological polar surface area (TPSA) is 152 Å². The Bertz CT molecular complexity index is 1750. The molecule has 2 amide bonds. The van der Waals surface area contributed by atoms with Crippen molar-refractivity contribution in [2.45, 2.75) is 24.7 Å². The van der Waals surface area contributed by atoms with Gasteiger partial charge in [-0.3, -0.25) is 19.2 Å². The van der Waals surface area contributed by atoms with Crippen LogP contribution in [0.15, 0.2) is 71.6 Å². The number of fused-ring (bicyclic) bond motifs is 1. The summed E-state index contributed by atoms with van der Waals surface area (Å²) in [5.41, 5.74) is 1.71. The maximum atomic E-state index is 13.7. The van der Waals surface area contributed by atoms with Crippen molar-refractivity contribution < 1.29 is 27.5 Å². The van der Waals surface area contributed by atoms with Crippen molar-refractivity contribution >= 4 is 55.9 Å². The molecule has 0 atom stereocenters. The van der Waals surface area contributed by atoms with Gasteiger partial charge in [-0.25, -0.2) is 18.4 Å². The predicted molar refractivity (Wildman–Crippen MR) is 163 cm³/mol. The van der Waals surface area contributed by atoms with Gasteiger partial charge in [-0.05, 0) is 56.3 Å². The van der Waals surface area contributed by atoms with Crippen LogP contribution in [0.1, 0.15) is 19.8 Å². The van der Waals surface area contributed by atoms with E-state index in [4.69, 9.17) is 9.47 Å². The molecule has 1 aliphatic rings. The number of imide groups is 1. The molecule has 0 unspecified atom stereocenters. The highest BCUT2D eigenvalue weighted by atomic mass is 32.2. The van der Waals surface area contributed by atoms with Crippen LogP contribution in [-0.2, 0) is 19.6 Å². The highest BCUT2D eigenvalue weighted by Crippen LogP contribution is 2.32. The number of sulfonamides is 1. The Labute approximate surface area is 249 Å². The predicted octanol–water partition coefficient (Wildman–Crippen LogP) is 4.07. The third-order valence-electron chi connectivity index (χ3n) is 7.03. The number of hydrogen-bond acceptors (Lipinski definition) is 10. The molecule has 12 nitrogen and oxygen atoms in total. The van der Waals surface area contributed by atoms with Gasteiger partial charge in [-0.1, -0.05) is 18.2 Å². The number of nitrogens with zero attached hydrogens (tertiary/aromatic N) is 3. The molecule has 2 heterocycles. The first-order valence-corrected chi connectivity index (χ1v) is 15.1. The summed E-state index contributed by atoms with van der Waals surface area (Å²) in [4.78, 5) is 35.9. The summed E-state index contributed by atoms with van der Waals surface area (Å²) >= 11 is 0. The number of carbonyl (C=O) groups is 2. The molecular formula is C30H32N6O6S. The number of methoxy groups -OCH3 is 2. The van der Waals surface area contributed by atoms with E-state index in [-0.39, 0.29) is 34.0 Å². The van der Waals surface area contributed by atoms with Gasteiger partial charge in [0.05, 0.1) is 35.8 Å². The lowest BCUT2D eigenvalue weighted by Crippen LogP contribution is -2.43. The van der Waals surface area contributed by atoms with E-state index in [2.05, 4.69) is 25.3 Å². The Kier molecular flexibility index (Phi) is 8.73. The molecule has 3 N–H and O–H groups in total. The third-order valence-corrected chi connectivity index (χ3v) is 8.36. The van der Waals surface area contributed by atoms with Crippen molar-refractivity contribution in [1.29, 1.82) is 0 Å². The summed E-state index contributed by atoms with van der Waals surface area (Å²) in [6.07, 6.45) is 1.19. The number of anilines is 4. The highest BCUT2D eigenvalue weighted by molar-refractivity contribution is 7.92. The standard InChI is InChI=1S/C30H32N6O6S/c1-19(37)36(30(38)20-11-13-31-14-12-20)22-7-6-8-25(17-22)43(39,40)35-29-28(33-26-9-4-5-10-27(26)34-29)32-21-15-23(41-2)18-24(16-21)42-3/h4-10,15-18,20,31H,11-14H2,1-3H3,(H,32,33)(H,34,35). The van der Waals surface area contributed by atoms with E-state index in [0.29, 0.717) is 54.2 Å². The maximum Gasteiger partial charge on any atom is 0.263 e. The summed E-state index contributed by atoms with van der Waals surface area (Å²) in [6, 6.07) is 17.9. The number of amides is 2. The second-order valence-electron chi connectivity index (χ2n) is 9.96. The van der Waals surface area contributed by atoms with E-state index in [1.54, 1.807) is 48.5 Å². The molecule has 3 aromatic carbocycles. The molecule has 224 valence electrons. The lowest BCUT2D eigenvalue weighted by molar-refractivity contribution is -0.128. The van der Waals surface area contributed by atoms with E-state index in [9.17, 15) is 18.0 Å². The average molecular weight is 605 g/mol. The summed E-state index contributed by atoms with van der Waals surface area (Å²) in [6.45, 7) is 2.63. The number of benzene rings is 3. The van der Waals surface area contributed by atoms with E-state index in [0.717, 1.165) is 4.90 Å². The summed E-state index contributed by atoms with van der Waals surface area (Å²) < 4.78 is 40.7. The minimum atomic E-state index is -4.26. The van der Waals surface area contributed by atoms with Crippen LogP contribution in [0.4, 0.5) is 23.0 Å². The van der Waals surface area contributed by atoms with E-state index < -0.39 is 15.9 Å². The van der Waals surface area contributed by atoms with E-state index in [1.165, 1.54) is 39.3 Å². The van der Waals surface area contributed by atoms with Crippen LogP contribution in [0, 0.1) is 5.92 Å². The molecule has 0 saturated carbocycles. The molecule has 5 rings (SSSR count). The van der Waals surface area contributed by atoms with Gasteiger partial charge < -0.3 is 20.1 Å². The lowest BCUT2D eigenvalue weighted by atomic mass is 9.96. The van der Waals surface area contributed by atoms with Gasteiger partial charge in [-0.2, -0.15) is 0 Å². The fraction of sp³-hybridized carbons (Fsp3) is 0.267. The number of aromatic nitrogens is 2. The fourth-order valence-electron chi connectivity index (χ4n) is 4.87. The Morgan fingerprint density at radius 2 is 1.51 bits per heavy atom. The maximum absolute atomic E-state index is 13.7. The van der Waals surface area contributed by atoms with Crippen LogP contribution in [0.2, 0.25) is 0 Å². The molecule has 0 radical (unpaired) electrons. The van der Waals surface area contributed by atoms with Crippen LogP contribution in [0.25, 0.3) is 11.0 Å². The second kappa shape index (κ2) is 12.6. The summed E-state index contributed by atoms with van der Waals surface area (Å²) in [5, 5.41) is 6.32. The van der Waals surface area contributed by atoms with Crippen LogP contribution >= 0.6 is 0 Å². The van der Waals surface area contributed by atoms with E-state index >= 15 is 0 Å². The zero-order valence-corrected chi connectivity index (χ0v) is 24.8. The second-order valence-corrected chi connectivity index (χ2v) is 11.6. The summed E-state index contributed by atoms with van der Waals surface area (Å²) in [7, 11) is -1.21. The van der Waals surface area contributed by atoms with Gasteiger partial charge in [0.2, 0.25) is 11.8 Å². The molecule has 1 aromatic heterocycles. The Morgan fingerprint density at radius 3 is 2.12 bits per heavy atom. The molecule has 0 spiro atoms. The number of carbonyl (C=O) groups excluding carboxylic acids is 2. The molecule has 1 saturated heterocycles. The number of nitrogens with one attached hydrogen (secondary N) is 3. The van der Waals surface area contributed by atoms with Gasteiger partial charge in [0.1, 0.15) is 11.5 Å². The Morgan fingerprint density at radius 1 is 0.884 bits per heavy atom. The minimum absolute atomic E-state index is 0.0555. The molecule has 1 aliphatic heterocycles. The molecular weight excluding hydrogens is 572 g/mol. The van der Waals surface area contributed by atoms with Crippen molar-refractivity contribution in [2.24, 2.45) is 5.92 Å². The normalized spacial score (nSPS) is 13.7. The first-order chi connectivity index (χ1) is 20.7. The number of hydrogen-bond donors (Lipinski definition) is 3. The first kappa shape index (κ1) is 29.7. The van der Waals surface area contributed by atoms with Gasteiger partial charge >= 0.3 is 0 Å². The molecule has 0 bridgehead atoms. The monoisotopic (exact) mass is 604 g/mol. The lowest BCUT2D eigenvalue weighted by Gasteiger charge is -2.28. The fourth-order valence-corrected chi connectivity index (χ4v) is 5.91. The smallest absolute Gasteiger partial charge is 0.263 e. The van der Waals surface area contributed by atoms with Crippen LogP contribution in [0.3, 0.4) is 0 Å². The average Bonchev–Trinajstić information content (AvgIpc) is 3.01. The quantitative estimate of drug-likeness (QED) is 0.255. The van der Waals surface area contributed by atoms with Gasteiger partial charge in [-0.15, -0.1) is 0 Å². The van der Waals surface area contributed by atoms with Crippen molar-refractivity contribution in [1.82, 2.24) is 15.3 Å². The van der Waals surface area contributed by atoms with Gasteiger partial charge in [0, 0.05) is 36.7 Å². The zero-order chi connectivity index (χ0) is 30.6. The molecule has 13 heteroatoms. The molecule has 4 aromatic rings. The molecule has 1 fully saturated rings. The third kappa shape index (κ3) is 6.68. The van der Waals surface area contributed by atoms with E-state index in [1.807, 2.05) is 0 Å². The van der Waals surface area contributed by atoms with Crippen LogP contribution in [-0.4, -0.2) is 57.5 Å². The Hall–Kier alpha value is -4.75. The molecule has 0 aliphatic carbocycles. The number of rotatable bonds is 9. The SMILES string of the molecule is COc1cc(Nc2nc3ccccc3nc2NS(=O)(=O)c2cccc(N(C(C)=O)C(=O)C3CCNCC3)c2)cc(OC)c1. The van der Waals surface area contributed by atoms with Crippen LogP contribution < -0.4 is 29.7 Å². The summed E-state index contributed by atoms with van der Waals surface area (Å²) in [5.74, 6) is -0.0588. The zero-order valence-electron chi connectivity index (χ0n) is 24.0. The number of ether oxygens (including phenoxy) is 2. The van der Waals surface area contributed by atoms with Crippen molar-refractivity contribution in [3.05, 3.63) is 66.7 Å². The van der Waals surface area contributed by atoms with Crippen molar-refractivity contribution in [3.8, 4) is 11.5 Å². The first-order valence-electron chi connectivity index (χ1n) is 13.6. The van der Waals surface area contributed by atoms with Gasteiger partial charge in [0.25, 0.3) is 10.0 Å². The Balaban J connectivity index is 1.50. The van der Waals surface area contributed by atoms with Crippen LogP contribution in [0.5, 0.6) is 11.5 Å². The largest absolute Gasteiger partial charge is 0.497 e. The highest BCUT2D eigenvalue weighted by Gasteiger charge is 2.30. The van der Waals surface area contributed by atoms with Crippen molar-refractivity contribution in [2.75, 3.05) is 42.2 Å². The van der Waals surface area contributed by atoms with Crippen molar-refractivity contribution in [3.63, 3.8) is 0 Å². The number of para-hydroxylation sites is 2. The van der Waals surface area contributed by atoms with Gasteiger partial charge in [0.15, 0.2) is 11.6 Å².